The molecule has 0 aliphatic carbocycles. The molecule has 10 heteroatoms. The van der Waals surface area contributed by atoms with Crippen molar-refractivity contribution in [1.29, 1.82) is 0 Å². The predicted octanol–water partition coefficient (Wildman–Crippen LogP) is 2.24. The van der Waals surface area contributed by atoms with E-state index in [1.54, 1.807) is 12.1 Å². The molecule has 0 radical (unpaired) electrons. The Balaban J connectivity index is 1.84. The molecule has 2 aromatic rings. The van der Waals surface area contributed by atoms with E-state index in [1.807, 2.05) is 0 Å². The zero-order chi connectivity index (χ0) is 20.1. The van der Waals surface area contributed by atoms with Crippen LogP contribution in [0.15, 0.2) is 36.7 Å². The van der Waals surface area contributed by atoms with Gasteiger partial charge in [-0.2, -0.15) is 13.2 Å². The molecule has 2 amide bonds. The number of aliphatic hydroxyl groups is 1. The largest absolute Gasteiger partial charge is 0.424 e. The molecular formula is C17H20F4N4O2. The zero-order valence-electron chi connectivity index (χ0n) is 14.6. The van der Waals surface area contributed by atoms with Crippen LogP contribution in [0.25, 0.3) is 0 Å². The highest BCUT2D eigenvalue weighted by atomic mass is 19.4. The van der Waals surface area contributed by atoms with Gasteiger partial charge in [-0.1, -0.05) is 12.1 Å². The smallest absolute Gasteiger partial charge is 0.374 e. The monoisotopic (exact) mass is 388 g/mol. The van der Waals surface area contributed by atoms with Crippen LogP contribution >= 0.6 is 0 Å². The first-order chi connectivity index (χ1) is 12.6. The van der Waals surface area contributed by atoms with Crippen LogP contribution in [0.5, 0.6) is 0 Å². The van der Waals surface area contributed by atoms with E-state index in [-0.39, 0.29) is 6.54 Å². The lowest BCUT2D eigenvalue weighted by atomic mass is 9.97. The summed E-state index contributed by atoms with van der Waals surface area (Å²) in [5, 5.41) is 14.9. The van der Waals surface area contributed by atoms with E-state index in [2.05, 4.69) is 15.6 Å². The van der Waals surface area contributed by atoms with Gasteiger partial charge in [0.2, 0.25) is 5.60 Å². The molecule has 6 nitrogen and oxygen atoms in total. The maximum Gasteiger partial charge on any atom is 0.424 e. The van der Waals surface area contributed by atoms with Crippen LogP contribution in [0.3, 0.4) is 0 Å². The van der Waals surface area contributed by atoms with E-state index >= 15 is 0 Å². The van der Waals surface area contributed by atoms with E-state index in [1.165, 1.54) is 25.4 Å². The number of urea groups is 1. The molecule has 1 aromatic heterocycles. The van der Waals surface area contributed by atoms with Gasteiger partial charge in [0.25, 0.3) is 0 Å². The number of nitrogens with one attached hydrogen (secondary N) is 2. The number of halogens is 4. The number of hydrogen-bond donors (Lipinski definition) is 3. The second kappa shape index (κ2) is 8.38. The number of carbonyl (C=O) groups excluding carboxylic acids is 1. The molecule has 0 aliphatic heterocycles. The number of hydrogen-bond acceptors (Lipinski definition) is 3. The van der Waals surface area contributed by atoms with Crippen LogP contribution in [0.2, 0.25) is 0 Å². The molecule has 1 unspecified atom stereocenters. The minimum atomic E-state index is -4.96. The maximum atomic E-state index is 13.3. The first kappa shape index (κ1) is 20.7. The van der Waals surface area contributed by atoms with E-state index in [9.17, 15) is 27.5 Å². The molecule has 0 bridgehead atoms. The van der Waals surface area contributed by atoms with Crippen LogP contribution in [0.4, 0.5) is 22.4 Å². The number of nitrogens with zero attached hydrogens (tertiary/aromatic N) is 2. The Morgan fingerprint density at radius 3 is 2.56 bits per heavy atom. The van der Waals surface area contributed by atoms with Crippen molar-refractivity contribution >= 4 is 6.03 Å². The molecular weight excluding hydrogens is 368 g/mol. The molecule has 148 valence electrons. The highest BCUT2D eigenvalue weighted by Crippen LogP contribution is 2.40. The Morgan fingerprint density at radius 1 is 1.26 bits per heavy atom. The fourth-order valence-electron chi connectivity index (χ4n) is 2.58. The van der Waals surface area contributed by atoms with E-state index in [4.69, 9.17) is 0 Å². The molecule has 3 N–H and O–H groups in total. The Kier molecular flexibility index (Phi) is 6.42. The van der Waals surface area contributed by atoms with Crippen molar-refractivity contribution < 1.29 is 27.5 Å². The number of carbonyl (C=O) groups is 1. The quantitative estimate of drug-likeness (QED) is 0.637. The van der Waals surface area contributed by atoms with Gasteiger partial charge >= 0.3 is 12.2 Å². The van der Waals surface area contributed by atoms with Crippen LogP contribution in [-0.4, -0.2) is 40.0 Å². The number of aromatic nitrogens is 2. The lowest BCUT2D eigenvalue weighted by Gasteiger charge is -2.29. The third-order valence-electron chi connectivity index (χ3n) is 4.02. The normalized spacial score (nSPS) is 13.9. The van der Waals surface area contributed by atoms with Gasteiger partial charge in [0, 0.05) is 39.0 Å². The number of alkyl halides is 3. The molecule has 0 saturated heterocycles. The summed E-state index contributed by atoms with van der Waals surface area (Å²) in [6.45, 7) is -0.243. The Labute approximate surface area is 153 Å². The van der Waals surface area contributed by atoms with Gasteiger partial charge in [-0.05, 0) is 24.1 Å². The minimum absolute atomic E-state index is 0.179. The second-order valence-electron chi connectivity index (χ2n) is 6.03. The van der Waals surface area contributed by atoms with Gasteiger partial charge in [-0.3, -0.25) is 0 Å². The van der Waals surface area contributed by atoms with Crippen molar-refractivity contribution in [2.24, 2.45) is 7.05 Å². The summed E-state index contributed by atoms with van der Waals surface area (Å²) in [5.74, 6) is -0.944. The van der Waals surface area contributed by atoms with Crippen LogP contribution < -0.4 is 10.6 Å². The number of rotatable bonds is 7. The number of imidazole rings is 1. The minimum Gasteiger partial charge on any atom is -0.374 e. The molecule has 0 saturated carbocycles. The summed E-state index contributed by atoms with van der Waals surface area (Å²) in [6.07, 6.45) is -2.94. The highest BCUT2D eigenvalue weighted by molar-refractivity contribution is 5.73. The lowest BCUT2D eigenvalue weighted by Crippen LogP contribution is -2.47. The predicted molar refractivity (Wildman–Crippen MR) is 89.3 cm³/mol. The third-order valence-corrected chi connectivity index (χ3v) is 4.02. The number of aryl methyl sites for hydroxylation is 1. The molecule has 1 atom stereocenters. The van der Waals surface area contributed by atoms with Crippen LogP contribution in [0.1, 0.15) is 17.8 Å². The first-order valence-electron chi connectivity index (χ1n) is 8.16. The summed E-state index contributed by atoms with van der Waals surface area (Å²) in [7, 11) is 1.34. The van der Waals surface area contributed by atoms with Crippen molar-refractivity contribution in [1.82, 2.24) is 20.2 Å². The fraction of sp³-hybridized carbons (Fsp3) is 0.412. The Bertz CT molecular complexity index is 778. The van der Waals surface area contributed by atoms with Crippen LogP contribution in [0, 0.1) is 5.82 Å². The molecule has 0 spiro atoms. The molecule has 0 aliphatic rings. The van der Waals surface area contributed by atoms with Crippen molar-refractivity contribution in [2.45, 2.75) is 24.6 Å². The summed E-state index contributed by atoms with van der Waals surface area (Å²) in [4.78, 5) is 15.3. The highest BCUT2D eigenvalue weighted by Gasteiger charge is 2.57. The third kappa shape index (κ3) is 5.19. The molecule has 27 heavy (non-hydrogen) atoms. The lowest BCUT2D eigenvalue weighted by molar-refractivity contribution is -0.272. The Hall–Kier alpha value is -2.62. The topological polar surface area (TPSA) is 79.2 Å². The fourth-order valence-corrected chi connectivity index (χ4v) is 2.58. The summed E-state index contributed by atoms with van der Waals surface area (Å²) in [6, 6.07) is 5.18. The van der Waals surface area contributed by atoms with Gasteiger partial charge < -0.3 is 20.3 Å². The van der Waals surface area contributed by atoms with Gasteiger partial charge in [0.05, 0.1) is 0 Å². The number of amides is 2. The van der Waals surface area contributed by atoms with Crippen LogP contribution in [-0.2, 0) is 19.1 Å². The second-order valence-corrected chi connectivity index (χ2v) is 6.03. The van der Waals surface area contributed by atoms with Gasteiger partial charge in [-0.25, -0.2) is 14.2 Å². The van der Waals surface area contributed by atoms with Crippen molar-refractivity contribution in [3.05, 3.63) is 53.9 Å². The SMILES string of the molecule is Cn1ccnc1C(O)(CCNC(=O)NCCc1cccc(F)c1)C(F)(F)F. The van der Waals surface area contributed by atoms with E-state index < -0.39 is 42.4 Å². The Morgan fingerprint density at radius 2 is 1.96 bits per heavy atom. The van der Waals surface area contributed by atoms with Gasteiger partial charge in [-0.15, -0.1) is 0 Å². The maximum absolute atomic E-state index is 13.3. The van der Waals surface area contributed by atoms with E-state index in [0.717, 1.165) is 10.8 Å². The summed E-state index contributed by atoms with van der Waals surface area (Å²) in [5.41, 5.74) is -2.50. The molecule has 2 rings (SSSR count). The summed E-state index contributed by atoms with van der Waals surface area (Å²) >= 11 is 0. The molecule has 0 fully saturated rings. The number of benzene rings is 1. The standard InChI is InChI=1S/C17H20F4N4O2/c1-25-10-9-22-14(25)16(27,17(19,20)21)6-8-24-15(26)23-7-5-12-3-2-4-13(18)11-12/h2-4,9-11,27H,5-8H2,1H3,(H2,23,24,26). The zero-order valence-corrected chi connectivity index (χ0v) is 14.6. The van der Waals surface area contributed by atoms with Gasteiger partial charge in [0.1, 0.15) is 11.6 Å². The first-order valence-corrected chi connectivity index (χ1v) is 8.16. The average Bonchev–Trinajstić information content (AvgIpc) is 3.00. The van der Waals surface area contributed by atoms with E-state index in [0.29, 0.717) is 12.0 Å². The van der Waals surface area contributed by atoms with Crippen molar-refractivity contribution in [3.8, 4) is 0 Å². The molecule has 1 aromatic carbocycles. The average molecular weight is 388 g/mol. The van der Waals surface area contributed by atoms with Crippen molar-refractivity contribution in [3.63, 3.8) is 0 Å². The van der Waals surface area contributed by atoms with Crippen molar-refractivity contribution in [2.75, 3.05) is 13.1 Å². The van der Waals surface area contributed by atoms with Gasteiger partial charge in [0.15, 0.2) is 0 Å². The molecule has 1 heterocycles. The summed E-state index contributed by atoms with van der Waals surface area (Å²) < 4.78 is 54.1.